The predicted molar refractivity (Wildman–Crippen MR) is 89.2 cm³/mol. The molecule has 7 nitrogen and oxygen atoms in total. The van der Waals surface area contributed by atoms with Crippen molar-refractivity contribution in [3.8, 4) is 5.75 Å². The smallest absolute Gasteiger partial charge is 0.471 e. The first-order valence-electron chi connectivity index (χ1n) is 7.48. The molecule has 0 aliphatic heterocycles. The van der Waals surface area contributed by atoms with Crippen molar-refractivity contribution in [2.75, 3.05) is 12.4 Å². The molecule has 1 aromatic heterocycles. The molecule has 2 aromatic carbocycles. The molecule has 0 saturated heterocycles. The molecule has 0 radical (unpaired) electrons. The van der Waals surface area contributed by atoms with Crippen molar-refractivity contribution in [1.29, 1.82) is 0 Å². The van der Waals surface area contributed by atoms with Gasteiger partial charge >= 0.3 is 12.1 Å². The Morgan fingerprint density at radius 1 is 1.14 bits per heavy atom. The standard InChI is InChI=1S/C16H11F4N3O4S/c1-27-9-4-8(17)5-11(6-9)28(25,26)10-2-3-13-12(7-10)14(23-22-13)21-15(24)16(18,19)20/h2-7H,1H3,(H2,21,22,23,24). The van der Waals surface area contributed by atoms with Crippen molar-refractivity contribution in [3.05, 3.63) is 42.2 Å². The van der Waals surface area contributed by atoms with Gasteiger partial charge in [-0.05, 0) is 30.3 Å². The summed E-state index contributed by atoms with van der Waals surface area (Å²) >= 11 is 0. The van der Waals surface area contributed by atoms with Crippen LogP contribution in [-0.2, 0) is 14.6 Å². The van der Waals surface area contributed by atoms with Crippen LogP contribution in [0.1, 0.15) is 0 Å². The molecular formula is C16H11F4N3O4S. The number of carbonyl (C=O) groups excluding carboxylic acids is 1. The van der Waals surface area contributed by atoms with Gasteiger partial charge in [-0.2, -0.15) is 18.3 Å². The van der Waals surface area contributed by atoms with E-state index in [1.54, 1.807) is 5.32 Å². The van der Waals surface area contributed by atoms with Gasteiger partial charge in [0.1, 0.15) is 11.6 Å². The largest absolute Gasteiger partial charge is 0.497 e. The molecule has 0 unspecified atom stereocenters. The third kappa shape index (κ3) is 3.63. The fraction of sp³-hybridized carbons (Fsp3) is 0.125. The van der Waals surface area contributed by atoms with Gasteiger partial charge in [-0.25, -0.2) is 12.8 Å². The molecule has 0 atom stereocenters. The van der Waals surface area contributed by atoms with Gasteiger partial charge in [0.05, 0.1) is 22.4 Å². The lowest BCUT2D eigenvalue weighted by Gasteiger charge is -2.08. The number of hydrogen-bond acceptors (Lipinski definition) is 5. The van der Waals surface area contributed by atoms with Gasteiger partial charge in [-0.1, -0.05) is 0 Å². The van der Waals surface area contributed by atoms with Crippen molar-refractivity contribution in [1.82, 2.24) is 10.2 Å². The Bertz CT molecular complexity index is 1170. The summed E-state index contributed by atoms with van der Waals surface area (Å²) in [4.78, 5) is 10.4. The van der Waals surface area contributed by atoms with Crippen LogP contribution in [0.15, 0.2) is 46.2 Å². The minimum atomic E-state index is -5.15. The number of rotatable bonds is 4. The van der Waals surface area contributed by atoms with Crippen LogP contribution in [0.3, 0.4) is 0 Å². The third-order valence-corrected chi connectivity index (χ3v) is 5.46. The van der Waals surface area contributed by atoms with Crippen LogP contribution in [0, 0.1) is 5.82 Å². The SMILES string of the molecule is COc1cc(F)cc(S(=O)(=O)c2ccc3[nH]nc(NC(=O)C(F)(F)F)c3c2)c1. The van der Waals surface area contributed by atoms with Crippen LogP contribution >= 0.6 is 0 Å². The van der Waals surface area contributed by atoms with E-state index < -0.39 is 38.5 Å². The van der Waals surface area contributed by atoms with Gasteiger partial charge in [-0.3, -0.25) is 9.89 Å². The number of aromatic nitrogens is 2. The lowest BCUT2D eigenvalue weighted by atomic mass is 10.2. The molecule has 0 aliphatic carbocycles. The molecule has 28 heavy (non-hydrogen) atoms. The first-order valence-corrected chi connectivity index (χ1v) is 8.96. The van der Waals surface area contributed by atoms with Crippen molar-refractivity contribution < 1.29 is 35.5 Å². The average molecular weight is 417 g/mol. The Morgan fingerprint density at radius 2 is 1.86 bits per heavy atom. The quantitative estimate of drug-likeness (QED) is 0.636. The maximum absolute atomic E-state index is 13.7. The average Bonchev–Trinajstić information content (AvgIpc) is 3.02. The van der Waals surface area contributed by atoms with Crippen LogP contribution in [0.2, 0.25) is 0 Å². The molecule has 12 heteroatoms. The van der Waals surface area contributed by atoms with Gasteiger partial charge < -0.3 is 10.1 Å². The van der Waals surface area contributed by atoms with Crippen LogP contribution in [-0.4, -0.2) is 37.8 Å². The fourth-order valence-corrected chi connectivity index (χ4v) is 3.71. The third-order valence-electron chi connectivity index (χ3n) is 3.72. The summed E-state index contributed by atoms with van der Waals surface area (Å²) in [5, 5.41) is 7.44. The van der Waals surface area contributed by atoms with E-state index in [1.165, 1.54) is 19.2 Å². The number of carbonyl (C=O) groups is 1. The number of nitrogens with one attached hydrogen (secondary N) is 2. The zero-order chi connectivity index (χ0) is 20.7. The van der Waals surface area contributed by atoms with Gasteiger partial charge in [0, 0.05) is 11.5 Å². The van der Waals surface area contributed by atoms with E-state index in [-0.39, 0.29) is 21.5 Å². The molecule has 0 bridgehead atoms. The second-order valence-corrected chi connectivity index (χ2v) is 7.51. The van der Waals surface area contributed by atoms with Gasteiger partial charge in [0.2, 0.25) is 9.84 Å². The fourth-order valence-electron chi connectivity index (χ4n) is 2.38. The molecule has 2 N–H and O–H groups in total. The Morgan fingerprint density at radius 3 is 2.50 bits per heavy atom. The second kappa shape index (κ2) is 6.78. The summed E-state index contributed by atoms with van der Waals surface area (Å²) in [5.74, 6) is -3.63. The number of methoxy groups -OCH3 is 1. The highest BCUT2D eigenvalue weighted by Crippen LogP contribution is 2.30. The summed E-state index contributed by atoms with van der Waals surface area (Å²) in [6.07, 6.45) is -5.15. The monoisotopic (exact) mass is 417 g/mol. The number of anilines is 1. The first-order chi connectivity index (χ1) is 13.0. The summed E-state index contributed by atoms with van der Waals surface area (Å²) in [5.41, 5.74) is 0.188. The number of nitrogens with zero attached hydrogens (tertiary/aromatic N) is 1. The number of alkyl halides is 3. The molecule has 3 rings (SSSR count). The number of amides is 1. The van der Waals surface area contributed by atoms with E-state index in [4.69, 9.17) is 4.74 Å². The zero-order valence-electron chi connectivity index (χ0n) is 14.0. The van der Waals surface area contributed by atoms with E-state index in [0.29, 0.717) is 0 Å². The molecule has 0 spiro atoms. The van der Waals surface area contributed by atoms with Crippen LogP contribution < -0.4 is 10.1 Å². The Kier molecular flexibility index (Phi) is 4.75. The number of hydrogen-bond donors (Lipinski definition) is 2. The van der Waals surface area contributed by atoms with Crippen molar-refractivity contribution in [3.63, 3.8) is 0 Å². The number of ether oxygens (including phenoxy) is 1. The Balaban J connectivity index is 2.08. The first kappa shape index (κ1) is 19.6. The molecular weight excluding hydrogens is 406 g/mol. The van der Waals surface area contributed by atoms with E-state index in [9.17, 15) is 30.8 Å². The molecule has 0 aliphatic rings. The number of fused-ring (bicyclic) bond motifs is 1. The molecule has 3 aromatic rings. The van der Waals surface area contributed by atoms with Gasteiger partial charge in [0.25, 0.3) is 0 Å². The van der Waals surface area contributed by atoms with Gasteiger partial charge in [-0.15, -0.1) is 0 Å². The van der Waals surface area contributed by atoms with E-state index >= 15 is 0 Å². The highest BCUT2D eigenvalue weighted by molar-refractivity contribution is 7.91. The number of H-pyrrole nitrogens is 1. The number of halogens is 4. The molecule has 1 amide bonds. The van der Waals surface area contributed by atoms with Crippen LogP contribution in [0.5, 0.6) is 5.75 Å². The van der Waals surface area contributed by atoms with Crippen molar-refractivity contribution >= 4 is 32.5 Å². The Hall–Kier alpha value is -3.15. The van der Waals surface area contributed by atoms with E-state index in [2.05, 4.69) is 10.2 Å². The normalized spacial score (nSPS) is 12.2. The molecule has 0 saturated carbocycles. The number of aromatic amines is 1. The van der Waals surface area contributed by atoms with Gasteiger partial charge in [0.15, 0.2) is 5.82 Å². The Labute approximate surface area is 155 Å². The summed E-state index contributed by atoms with van der Waals surface area (Å²) < 4.78 is 81.4. The molecule has 148 valence electrons. The van der Waals surface area contributed by atoms with E-state index in [1.807, 2.05) is 0 Å². The maximum Gasteiger partial charge on any atom is 0.471 e. The summed E-state index contributed by atoms with van der Waals surface area (Å²) in [7, 11) is -3.00. The van der Waals surface area contributed by atoms with E-state index in [0.717, 1.165) is 24.3 Å². The molecule has 0 fully saturated rings. The highest BCUT2D eigenvalue weighted by Gasteiger charge is 2.39. The topological polar surface area (TPSA) is 101 Å². The minimum absolute atomic E-state index is 0.0268. The van der Waals surface area contributed by atoms with Crippen molar-refractivity contribution in [2.45, 2.75) is 16.0 Å². The van der Waals surface area contributed by atoms with Crippen LogP contribution in [0.25, 0.3) is 10.9 Å². The molecule has 1 heterocycles. The highest BCUT2D eigenvalue weighted by atomic mass is 32.2. The lowest BCUT2D eigenvalue weighted by Crippen LogP contribution is -2.30. The van der Waals surface area contributed by atoms with Crippen molar-refractivity contribution in [2.24, 2.45) is 0 Å². The minimum Gasteiger partial charge on any atom is -0.497 e. The van der Waals surface area contributed by atoms with Crippen LogP contribution in [0.4, 0.5) is 23.4 Å². The second-order valence-electron chi connectivity index (χ2n) is 5.56. The maximum atomic E-state index is 13.7. The number of sulfone groups is 1. The summed E-state index contributed by atoms with van der Waals surface area (Å²) in [6, 6.07) is 6.33. The summed E-state index contributed by atoms with van der Waals surface area (Å²) in [6.45, 7) is 0. The zero-order valence-corrected chi connectivity index (χ0v) is 14.8. The number of benzene rings is 2. The lowest BCUT2D eigenvalue weighted by molar-refractivity contribution is -0.167. The predicted octanol–water partition coefficient (Wildman–Crippen LogP) is 3.04.